The lowest BCUT2D eigenvalue weighted by Gasteiger charge is -2.10. The number of nitrogens with zero attached hydrogens (tertiary/aromatic N) is 1. The molecule has 0 radical (unpaired) electrons. The van der Waals surface area contributed by atoms with E-state index < -0.39 is 6.36 Å². The second kappa shape index (κ2) is 5.53. The van der Waals surface area contributed by atoms with Crippen LogP contribution in [0.25, 0.3) is 0 Å². The van der Waals surface area contributed by atoms with Crippen LogP contribution < -0.4 is 9.47 Å². The quantitative estimate of drug-likeness (QED) is 0.843. The van der Waals surface area contributed by atoms with E-state index in [1.165, 1.54) is 12.1 Å². The van der Waals surface area contributed by atoms with Crippen LogP contribution in [0.15, 0.2) is 48.5 Å². The smallest absolute Gasteiger partial charge is 0.457 e. The highest BCUT2D eigenvalue weighted by Gasteiger charge is 2.30. The minimum atomic E-state index is -4.71. The molecular formula is C14H8F3NO2. The Morgan fingerprint density at radius 3 is 1.70 bits per heavy atom. The van der Waals surface area contributed by atoms with E-state index in [1.807, 2.05) is 6.07 Å². The molecule has 0 aliphatic heterocycles. The molecule has 0 unspecified atom stereocenters. The van der Waals surface area contributed by atoms with E-state index in [9.17, 15) is 13.2 Å². The summed E-state index contributed by atoms with van der Waals surface area (Å²) in [4.78, 5) is 0. The van der Waals surface area contributed by atoms with Crippen molar-refractivity contribution in [3.8, 4) is 23.3 Å². The molecule has 0 aliphatic carbocycles. The number of nitriles is 1. The number of rotatable bonds is 3. The third-order valence-electron chi connectivity index (χ3n) is 2.28. The van der Waals surface area contributed by atoms with Crippen LogP contribution in [-0.4, -0.2) is 6.36 Å². The summed E-state index contributed by atoms with van der Waals surface area (Å²) in [5.41, 5.74) is 0.492. The Hall–Kier alpha value is -2.68. The highest BCUT2D eigenvalue weighted by atomic mass is 19.4. The number of hydrogen-bond acceptors (Lipinski definition) is 3. The highest BCUT2D eigenvalue weighted by molar-refractivity contribution is 5.38. The highest BCUT2D eigenvalue weighted by Crippen LogP contribution is 2.27. The summed E-state index contributed by atoms with van der Waals surface area (Å²) in [5.74, 6) is 0.530. The van der Waals surface area contributed by atoms with Crippen molar-refractivity contribution in [3.05, 3.63) is 54.1 Å². The van der Waals surface area contributed by atoms with E-state index in [-0.39, 0.29) is 5.75 Å². The molecule has 0 bridgehead atoms. The van der Waals surface area contributed by atoms with Crippen molar-refractivity contribution in [1.29, 1.82) is 5.26 Å². The Morgan fingerprint density at radius 2 is 1.25 bits per heavy atom. The molecule has 0 aliphatic rings. The van der Waals surface area contributed by atoms with E-state index in [0.717, 1.165) is 12.1 Å². The van der Waals surface area contributed by atoms with Gasteiger partial charge < -0.3 is 9.47 Å². The van der Waals surface area contributed by atoms with Gasteiger partial charge in [-0.2, -0.15) is 5.26 Å². The van der Waals surface area contributed by atoms with Gasteiger partial charge in [0.1, 0.15) is 17.2 Å². The van der Waals surface area contributed by atoms with Gasteiger partial charge >= 0.3 is 6.36 Å². The third kappa shape index (κ3) is 3.92. The molecule has 0 amide bonds. The first-order valence-electron chi connectivity index (χ1n) is 5.50. The molecule has 0 saturated heterocycles. The predicted molar refractivity (Wildman–Crippen MR) is 64.4 cm³/mol. The second-order valence-corrected chi connectivity index (χ2v) is 3.76. The largest absolute Gasteiger partial charge is 0.573 e. The van der Waals surface area contributed by atoms with Crippen LogP contribution >= 0.6 is 0 Å². The zero-order chi connectivity index (χ0) is 14.6. The SMILES string of the molecule is N#Cc1ccc(Oc2ccc(OC(F)(F)F)cc2)cc1. The molecule has 0 atom stereocenters. The van der Waals surface area contributed by atoms with Gasteiger partial charge in [0.05, 0.1) is 11.6 Å². The van der Waals surface area contributed by atoms with Crippen molar-refractivity contribution in [2.24, 2.45) is 0 Å². The Balaban J connectivity index is 2.05. The zero-order valence-corrected chi connectivity index (χ0v) is 10.0. The number of halogens is 3. The van der Waals surface area contributed by atoms with Crippen LogP contribution in [-0.2, 0) is 0 Å². The third-order valence-corrected chi connectivity index (χ3v) is 2.28. The summed E-state index contributed by atoms with van der Waals surface area (Å²) >= 11 is 0. The van der Waals surface area contributed by atoms with Gasteiger partial charge in [0.25, 0.3) is 0 Å². The maximum atomic E-state index is 12.0. The fourth-order valence-corrected chi connectivity index (χ4v) is 1.44. The van der Waals surface area contributed by atoms with Crippen LogP contribution in [0.4, 0.5) is 13.2 Å². The molecule has 0 fully saturated rings. The second-order valence-electron chi connectivity index (χ2n) is 3.76. The van der Waals surface area contributed by atoms with Gasteiger partial charge in [-0.05, 0) is 48.5 Å². The molecule has 2 aromatic carbocycles. The Bertz CT molecular complexity index is 613. The maximum absolute atomic E-state index is 12.0. The Labute approximate surface area is 112 Å². The molecule has 3 nitrogen and oxygen atoms in total. The first-order chi connectivity index (χ1) is 9.46. The standard InChI is InChI=1S/C14H8F3NO2/c15-14(16,17)20-13-7-5-12(6-8-13)19-11-3-1-10(9-18)2-4-11/h1-8H. The molecule has 0 heterocycles. The van der Waals surface area contributed by atoms with E-state index >= 15 is 0 Å². The molecule has 0 N–H and O–H groups in total. The molecule has 2 rings (SSSR count). The number of ether oxygens (including phenoxy) is 2. The Morgan fingerprint density at radius 1 is 0.800 bits per heavy atom. The maximum Gasteiger partial charge on any atom is 0.573 e. The lowest BCUT2D eigenvalue weighted by atomic mass is 10.2. The average Bonchev–Trinajstić information content (AvgIpc) is 2.40. The van der Waals surface area contributed by atoms with Gasteiger partial charge in [0.2, 0.25) is 0 Å². The average molecular weight is 279 g/mol. The molecule has 0 aromatic heterocycles. The van der Waals surface area contributed by atoms with Crippen LogP contribution in [0.1, 0.15) is 5.56 Å². The molecule has 20 heavy (non-hydrogen) atoms. The minimum Gasteiger partial charge on any atom is -0.457 e. The van der Waals surface area contributed by atoms with Crippen LogP contribution in [0, 0.1) is 11.3 Å². The first-order valence-corrected chi connectivity index (χ1v) is 5.50. The van der Waals surface area contributed by atoms with Crippen molar-refractivity contribution < 1.29 is 22.6 Å². The molecule has 6 heteroatoms. The molecule has 0 spiro atoms. The topological polar surface area (TPSA) is 42.2 Å². The van der Waals surface area contributed by atoms with Crippen molar-refractivity contribution in [1.82, 2.24) is 0 Å². The van der Waals surface area contributed by atoms with Crippen LogP contribution in [0.5, 0.6) is 17.2 Å². The normalized spacial score (nSPS) is 10.7. The van der Waals surface area contributed by atoms with E-state index in [2.05, 4.69) is 4.74 Å². The van der Waals surface area contributed by atoms with Gasteiger partial charge in [-0.1, -0.05) is 0 Å². The van der Waals surface area contributed by atoms with Gasteiger partial charge in [-0.15, -0.1) is 13.2 Å². The van der Waals surface area contributed by atoms with Crippen molar-refractivity contribution in [3.63, 3.8) is 0 Å². The fraction of sp³-hybridized carbons (Fsp3) is 0.0714. The summed E-state index contributed by atoms with van der Waals surface area (Å²) in [7, 11) is 0. The van der Waals surface area contributed by atoms with Crippen LogP contribution in [0.2, 0.25) is 0 Å². The zero-order valence-electron chi connectivity index (χ0n) is 10.0. The monoisotopic (exact) mass is 279 g/mol. The van der Waals surface area contributed by atoms with Gasteiger partial charge in [0.15, 0.2) is 0 Å². The van der Waals surface area contributed by atoms with E-state index in [1.54, 1.807) is 24.3 Å². The summed E-state index contributed by atoms with van der Waals surface area (Å²) in [5, 5.41) is 8.65. The number of benzene rings is 2. The number of alkyl halides is 3. The van der Waals surface area contributed by atoms with Crippen molar-refractivity contribution in [2.75, 3.05) is 0 Å². The van der Waals surface area contributed by atoms with Gasteiger partial charge in [0, 0.05) is 0 Å². The molecule has 102 valence electrons. The minimum absolute atomic E-state index is 0.315. The fourth-order valence-electron chi connectivity index (χ4n) is 1.44. The number of hydrogen-bond donors (Lipinski definition) is 0. The van der Waals surface area contributed by atoms with E-state index in [0.29, 0.717) is 17.1 Å². The summed E-state index contributed by atoms with van der Waals surface area (Å²) in [6, 6.07) is 13.4. The summed E-state index contributed by atoms with van der Waals surface area (Å²) in [6.07, 6.45) is -4.71. The molecule has 0 saturated carbocycles. The lowest BCUT2D eigenvalue weighted by Crippen LogP contribution is -2.16. The summed E-state index contributed by atoms with van der Waals surface area (Å²) in [6.45, 7) is 0. The predicted octanol–water partition coefficient (Wildman–Crippen LogP) is 4.25. The Kier molecular flexibility index (Phi) is 3.80. The van der Waals surface area contributed by atoms with Crippen molar-refractivity contribution >= 4 is 0 Å². The van der Waals surface area contributed by atoms with Gasteiger partial charge in [-0.25, -0.2) is 0 Å². The van der Waals surface area contributed by atoms with Crippen molar-refractivity contribution in [2.45, 2.75) is 6.36 Å². The van der Waals surface area contributed by atoms with Gasteiger partial charge in [-0.3, -0.25) is 0 Å². The van der Waals surface area contributed by atoms with Crippen LogP contribution in [0.3, 0.4) is 0 Å². The lowest BCUT2D eigenvalue weighted by molar-refractivity contribution is -0.274. The van der Waals surface area contributed by atoms with E-state index in [4.69, 9.17) is 10.00 Å². The first kappa shape index (κ1) is 13.7. The molecule has 2 aromatic rings. The molecular weight excluding hydrogens is 271 g/mol. The summed E-state index contributed by atoms with van der Waals surface area (Å²) < 4.78 is 45.1.